The van der Waals surface area contributed by atoms with E-state index >= 15 is 0 Å². The molecule has 0 spiro atoms. The van der Waals surface area contributed by atoms with E-state index in [2.05, 4.69) is 10.3 Å². The van der Waals surface area contributed by atoms with Crippen LogP contribution in [0, 0.1) is 13.8 Å². The Hall–Kier alpha value is -3.09. The minimum absolute atomic E-state index is 0.0719. The zero-order chi connectivity index (χ0) is 22.0. The van der Waals surface area contributed by atoms with E-state index in [9.17, 15) is 14.4 Å². The van der Waals surface area contributed by atoms with E-state index in [0.717, 1.165) is 12.1 Å². The van der Waals surface area contributed by atoms with Crippen molar-refractivity contribution >= 4 is 23.2 Å². The Morgan fingerprint density at radius 2 is 1.97 bits per heavy atom. The lowest BCUT2D eigenvalue weighted by Crippen LogP contribution is -2.53. The van der Waals surface area contributed by atoms with Crippen molar-refractivity contribution in [3.8, 4) is 5.75 Å². The minimum Gasteiger partial charge on any atom is -0.477 e. The molecule has 30 heavy (non-hydrogen) atoms. The summed E-state index contributed by atoms with van der Waals surface area (Å²) in [6.07, 6.45) is 0.123. The molecule has 3 rings (SSSR count). The Balaban J connectivity index is 1.93. The molecule has 0 bridgehead atoms. The molecule has 7 heteroatoms. The number of hydrogen-bond donors (Lipinski definition) is 2. The van der Waals surface area contributed by atoms with Crippen LogP contribution >= 0.6 is 0 Å². The highest BCUT2D eigenvalue weighted by Crippen LogP contribution is 2.35. The van der Waals surface area contributed by atoms with Gasteiger partial charge in [0.1, 0.15) is 5.75 Å². The van der Waals surface area contributed by atoms with Gasteiger partial charge in [-0.3, -0.25) is 14.4 Å². The number of aromatic amines is 1. The molecule has 0 aliphatic carbocycles. The van der Waals surface area contributed by atoms with Crippen molar-refractivity contribution in [3.63, 3.8) is 0 Å². The summed E-state index contributed by atoms with van der Waals surface area (Å²) in [7, 11) is 0. The average molecular weight is 412 g/mol. The predicted octanol–water partition coefficient (Wildman–Crippen LogP) is 3.20. The number of ether oxygens (including phenoxy) is 1. The first kappa shape index (κ1) is 21.6. The summed E-state index contributed by atoms with van der Waals surface area (Å²) >= 11 is 0. The standard InChI is InChI=1S/C23H29N3O4/c1-6-11-24-23(29)19-12-26(17-9-7-8-10-18(17)30-19)15(4)22(28)21-13(2)20(16(5)27)14(3)25-21/h7-10,15,19,25H,6,11-12H2,1-5H3,(H,24,29)/t15-,19+/m0/s1. The summed E-state index contributed by atoms with van der Waals surface area (Å²) in [6, 6.07) is 6.85. The molecule has 2 atom stereocenters. The number of H-pyrrole nitrogens is 1. The van der Waals surface area contributed by atoms with Gasteiger partial charge in [-0.1, -0.05) is 19.1 Å². The number of carbonyl (C=O) groups excluding carboxylic acids is 3. The van der Waals surface area contributed by atoms with Crippen LogP contribution in [0.3, 0.4) is 0 Å². The van der Waals surface area contributed by atoms with Crippen LogP contribution in [0.4, 0.5) is 5.69 Å². The smallest absolute Gasteiger partial charge is 0.262 e. The Bertz CT molecular complexity index is 979. The number of amides is 1. The van der Waals surface area contributed by atoms with Crippen LogP contribution in [0.2, 0.25) is 0 Å². The molecule has 160 valence electrons. The third-order valence-corrected chi connectivity index (χ3v) is 5.53. The van der Waals surface area contributed by atoms with Gasteiger partial charge in [0.25, 0.3) is 5.91 Å². The summed E-state index contributed by atoms with van der Waals surface area (Å²) in [5, 5.41) is 2.87. The maximum atomic E-state index is 13.4. The van der Waals surface area contributed by atoms with Crippen molar-refractivity contribution in [3.05, 3.63) is 46.8 Å². The van der Waals surface area contributed by atoms with Gasteiger partial charge in [-0.25, -0.2) is 0 Å². The van der Waals surface area contributed by atoms with E-state index in [1.54, 1.807) is 19.9 Å². The van der Waals surface area contributed by atoms with E-state index in [4.69, 9.17) is 4.74 Å². The molecule has 1 aliphatic rings. The van der Waals surface area contributed by atoms with Gasteiger partial charge in [0.15, 0.2) is 11.9 Å². The molecule has 0 radical (unpaired) electrons. The number of benzene rings is 1. The maximum Gasteiger partial charge on any atom is 0.262 e. The molecule has 1 amide bonds. The van der Waals surface area contributed by atoms with Gasteiger partial charge in [0, 0.05) is 17.8 Å². The van der Waals surface area contributed by atoms with Crippen molar-refractivity contribution in [1.82, 2.24) is 10.3 Å². The number of ketones is 2. The molecular formula is C23H29N3O4. The molecule has 7 nitrogen and oxygen atoms in total. The second-order valence-electron chi connectivity index (χ2n) is 7.74. The Morgan fingerprint density at radius 1 is 1.27 bits per heavy atom. The maximum absolute atomic E-state index is 13.4. The summed E-state index contributed by atoms with van der Waals surface area (Å²) in [6.45, 7) is 9.71. The van der Waals surface area contributed by atoms with Crippen molar-refractivity contribution in [2.45, 2.75) is 53.2 Å². The molecule has 2 heterocycles. The first-order valence-corrected chi connectivity index (χ1v) is 10.3. The molecule has 0 saturated carbocycles. The number of aryl methyl sites for hydroxylation is 1. The summed E-state index contributed by atoms with van der Waals surface area (Å²) < 4.78 is 5.92. The van der Waals surface area contributed by atoms with E-state index < -0.39 is 12.1 Å². The number of anilines is 1. The van der Waals surface area contributed by atoms with Gasteiger partial charge in [0.2, 0.25) is 5.78 Å². The van der Waals surface area contributed by atoms with Crippen LogP contribution in [0.15, 0.2) is 24.3 Å². The van der Waals surface area contributed by atoms with E-state index in [-0.39, 0.29) is 24.0 Å². The van der Waals surface area contributed by atoms with Crippen LogP contribution in [0.5, 0.6) is 5.75 Å². The number of rotatable bonds is 7. The number of hydrogen-bond acceptors (Lipinski definition) is 5. The quantitative estimate of drug-likeness (QED) is 0.683. The lowest BCUT2D eigenvalue weighted by Gasteiger charge is -2.38. The molecule has 1 aromatic carbocycles. The van der Waals surface area contributed by atoms with Crippen molar-refractivity contribution in [2.24, 2.45) is 0 Å². The molecular weight excluding hydrogens is 382 g/mol. The molecule has 0 unspecified atom stereocenters. The van der Waals surface area contributed by atoms with Gasteiger partial charge in [-0.05, 0) is 51.8 Å². The summed E-state index contributed by atoms with van der Waals surface area (Å²) in [4.78, 5) is 42.9. The number of carbonyl (C=O) groups is 3. The number of Topliss-reactive ketones (excluding diaryl/α,β-unsaturated/α-hetero) is 2. The molecule has 2 N–H and O–H groups in total. The normalized spacial score (nSPS) is 16.4. The van der Waals surface area contributed by atoms with Crippen LogP contribution in [0.25, 0.3) is 0 Å². The number of nitrogens with zero attached hydrogens (tertiary/aromatic N) is 1. The largest absolute Gasteiger partial charge is 0.477 e. The minimum atomic E-state index is -0.707. The lowest BCUT2D eigenvalue weighted by atomic mass is 10.0. The fourth-order valence-corrected chi connectivity index (χ4v) is 4.00. The number of aromatic nitrogens is 1. The molecule has 0 fully saturated rings. The number of nitrogens with one attached hydrogen (secondary N) is 2. The molecule has 2 aromatic rings. The fourth-order valence-electron chi connectivity index (χ4n) is 4.00. The highest BCUT2D eigenvalue weighted by atomic mass is 16.5. The van der Waals surface area contributed by atoms with E-state index in [0.29, 0.717) is 34.8 Å². The SMILES string of the molecule is CCCNC(=O)[C@H]1CN([C@@H](C)C(=O)c2[nH]c(C)c(C(C)=O)c2C)c2ccccc2O1. The predicted molar refractivity (Wildman–Crippen MR) is 116 cm³/mol. The van der Waals surface area contributed by atoms with Gasteiger partial charge < -0.3 is 19.9 Å². The number of para-hydroxylation sites is 2. The second kappa shape index (κ2) is 8.73. The van der Waals surface area contributed by atoms with Crippen LogP contribution in [0.1, 0.15) is 59.3 Å². The van der Waals surface area contributed by atoms with E-state index in [1.165, 1.54) is 6.92 Å². The zero-order valence-electron chi connectivity index (χ0n) is 18.2. The second-order valence-corrected chi connectivity index (χ2v) is 7.74. The lowest BCUT2D eigenvalue weighted by molar-refractivity contribution is -0.127. The Kier molecular flexibility index (Phi) is 6.29. The number of fused-ring (bicyclic) bond motifs is 1. The summed E-state index contributed by atoms with van der Waals surface area (Å²) in [5.74, 6) is 0.176. The topological polar surface area (TPSA) is 91.5 Å². The average Bonchev–Trinajstić information content (AvgIpc) is 3.04. The van der Waals surface area contributed by atoms with Crippen molar-refractivity contribution in [2.75, 3.05) is 18.0 Å². The Labute approximate surface area is 176 Å². The van der Waals surface area contributed by atoms with Crippen molar-refractivity contribution in [1.29, 1.82) is 0 Å². The first-order valence-electron chi connectivity index (χ1n) is 10.3. The molecule has 1 aromatic heterocycles. The van der Waals surface area contributed by atoms with E-state index in [1.807, 2.05) is 36.9 Å². The molecule has 0 saturated heterocycles. The monoisotopic (exact) mass is 411 g/mol. The van der Waals surface area contributed by atoms with Crippen LogP contribution in [-0.4, -0.2) is 47.7 Å². The van der Waals surface area contributed by atoms with Gasteiger partial charge in [0.05, 0.1) is 24.0 Å². The zero-order valence-corrected chi connectivity index (χ0v) is 18.2. The van der Waals surface area contributed by atoms with Crippen LogP contribution in [-0.2, 0) is 4.79 Å². The Morgan fingerprint density at radius 3 is 2.60 bits per heavy atom. The van der Waals surface area contributed by atoms with Gasteiger partial charge in [-0.2, -0.15) is 0 Å². The molecule has 1 aliphatic heterocycles. The highest BCUT2D eigenvalue weighted by Gasteiger charge is 2.36. The van der Waals surface area contributed by atoms with Crippen LogP contribution < -0.4 is 15.0 Å². The first-order chi connectivity index (χ1) is 14.3. The van der Waals surface area contributed by atoms with Gasteiger partial charge >= 0.3 is 0 Å². The third kappa shape index (κ3) is 3.97. The highest BCUT2D eigenvalue weighted by molar-refractivity contribution is 6.06. The summed E-state index contributed by atoms with van der Waals surface area (Å²) in [5.41, 5.74) is 3.11. The third-order valence-electron chi connectivity index (χ3n) is 5.53. The van der Waals surface area contributed by atoms with Gasteiger partial charge in [-0.15, -0.1) is 0 Å². The van der Waals surface area contributed by atoms with Crippen molar-refractivity contribution < 1.29 is 19.1 Å². The fraction of sp³-hybridized carbons (Fsp3) is 0.435.